The van der Waals surface area contributed by atoms with Gasteiger partial charge in [0.15, 0.2) is 5.69 Å². The Hall–Kier alpha value is -2.37. The van der Waals surface area contributed by atoms with Crippen LogP contribution in [0.1, 0.15) is 21.7 Å². The molecule has 6 nitrogen and oxygen atoms in total. The number of carbonyl (C=O) groups is 1. The Morgan fingerprint density at radius 1 is 1.39 bits per heavy atom. The van der Waals surface area contributed by atoms with E-state index in [9.17, 15) is 4.79 Å². The number of hydrogen-bond donors (Lipinski definition) is 1. The SMILES string of the molecule is COc1ccc(-n2nnc(C(=O)O)c2C)cc1C. The minimum absolute atomic E-state index is 0.0385. The zero-order valence-corrected chi connectivity index (χ0v) is 10.3. The fraction of sp³-hybridized carbons (Fsp3) is 0.250. The summed E-state index contributed by atoms with van der Waals surface area (Å²) in [5.74, 6) is -0.307. The second-order valence-corrected chi connectivity index (χ2v) is 3.89. The summed E-state index contributed by atoms with van der Waals surface area (Å²) in [7, 11) is 1.60. The molecule has 1 heterocycles. The fourth-order valence-electron chi connectivity index (χ4n) is 1.77. The minimum atomic E-state index is -1.08. The highest BCUT2D eigenvalue weighted by Gasteiger charge is 2.16. The largest absolute Gasteiger partial charge is 0.496 e. The van der Waals surface area contributed by atoms with Gasteiger partial charge in [0.05, 0.1) is 18.5 Å². The third kappa shape index (κ3) is 1.92. The van der Waals surface area contributed by atoms with Gasteiger partial charge in [0.1, 0.15) is 5.75 Å². The highest BCUT2D eigenvalue weighted by molar-refractivity contribution is 5.86. The Kier molecular flexibility index (Phi) is 3.01. The van der Waals surface area contributed by atoms with Crippen molar-refractivity contribution in [3.8, 4) is 11.4 Å². The maximum absolute atomic E-state index is 10.9. The molecule has 0 radical (unpaired) electrons. The molecular formula is C12H13N3O3. The molecule has 1 N–H and O–H groups in total. The van der Waals surface area contributed by atoms with E-state index in [1.165, 1.54) is 4.68 Å². The predicted octanol–water partition coefficient (Wildman–Crippen LogP) is 1.59. The number of aromatic nitrogens is 3. The van der Waals surface area contributed by atoms with Gasteiger partial charge in [-0.3, -0.25) is 0 Å². The first kappa shape index (κ1) is 12.1. The van der Waals surface area contributed by atoms with Crippen LogP contribution in [0.4, 0.5) is 0 Å². The van der Waals surface area contributed by atoms with E-state index < -0.39 is 5.97 Å². The molecule has 2 aromatic rings. The van der Waals surface area contributed by atoms with Crippen LogP contribution in [0.2, 0.25) is 0 Å². The molecule has 0 bridgehead atoms. The van der Waals surface area contributed by atoms with Crippen molar-refractivity contribution in [3.63, 3.8) is 0 Å². The number of hydrogen-bond acceptors (Lipinski definition) is 4. The molecule has 0 aliphatic heterocycles. The van der Waals surface area contributed by atoms with E-state index in [1.54, 1.807) is 20.1 Å². The van der Waals surface area contributed by atoms with Crippen molar-refractivity contribution < 1.29 is 14.6 Å². The molecule has 1 aromatic heterocycles. The average molecular weight is 247 g/mol. The number of carboxylic acids is 1. The Morgan fingerprint density at radius 3 is 2.61 bits per heavy atom. The van der Waals surface area contributed by atoms with Crippen molar-refractivity contribution in [2.24, 2.45) is 0 Å². The smallest absolute Gasteiger partial charge is 0.358 e. The summed E-state index contributed by atoms with van der Waals surface area (Å²) in [5, 5.41) is 16.4. The van der Waals surface area contributed by atoms with Gasteiger partial charge >= 0.3 is 5.97 Å². The lowest BCUT2D eigenvalue weighted by atomic mass is 10.2. The Morgan fingerprint density at radius 2 is 2.11 bits per heavy atom. The van der Waals surface area contributed by atoms with E-state index in [2.05, 4.69) is 10.3 Å². The van der Waals surface area contributed by atoms with E-state index in [0.29, 0.717) is 5.69 Å². The van der Waals surface area contributed by atoms with E-state index in [-0.39, 0.29) is 5.69 Å². The molecule has 2 rings (SSSR count). The summed E-state index contributed by atoms with van der Waals surface area (Å²) in [4.78, 5) is 10.9. The highest BCUT2D eigenvalue weighted by atomic mass is 16.5. The molecule has 0 aliphatic carbocycles. The fourth-order valence-corrected chi connectivity index (χ4v) is 1.77. The van der Waals surface area contributed by atoms with Crippen LogP contribution in [0.3, 0.4) is 0 Å². The van der Waals surface area contributed by atoms with Crippen LogP contribution in [-0.4, -0.2) is 33.2 Å². The van der Waals surface area contributed by atoms with Crippen molar-refractivity contribution in [1.29, 1.82) is 0 Å². The van der Waals surface area contributed by atoms with Gasteiger partial charge in [0.25, 0.3) is 0 Å². The quantitative estimate of drug-likeness (QED) is 0.891. The maximum Gasteiger partial charge on any atom is 0.358 e. The maximum atomic E-state index is 10.9. The van der Waals surface area contributed by atoms with Gasteiger partial charge in [-0.1, -0.05) is 5.21 Å². The number of methoxy groups -OCH3 is 1. The third-order valence-electron chi connectivity index (χ3n) is 2.72. The predicted molar refractivity (Wildman–Crippen MR) is 64.3 cm³/mol. The van der Waals surface area contributed by atoms with E-state index in [4.69, 9.17) is 9.84 Å². The standard InChI is InChI=1S/C12H13N3O3/c1-7-6-9(4-5-10(7)18-3)15-8(2)11(12(16)17)13-14-15/h4-6H,1-3H3,(H,16,17). The molecule has 6 heteroatoms. The van der Waals surface area contributed by atoms with Gasteiger partial charge in [-0.2, -0.15) is 0 Å². The number of aryl methyl sites for hydroxylation is 1. The molecule has 0 unspecified atom stereocenters. The molecule has 94 valence electrons. The van der Waals surface area contributed by atoms with Crippen LogP contribution in [0.15, 0.2) is 18.2 Å². The van der Waals surface area contributed by atoms with Crippen molar-refractivity contribution in [1.82, 2.24) is 15.0 Å². The summed E-state index contributed by atoms with van der Waals surface area (Å²) in [6.07, 6.45) is 0. The van der Waals surface area contributed by atoms with Crippen LogP contribution in [0.5, 0.6) is 5.75 Å². The topological polar surface area (TPSA) is 77.2 Å². The summed E-state index contributed by atoms with van der Waals surface area (Å²) in [6.45, 7) is 3.58. The molecule has 0 spiro atoms. The lowest BCUT2D eigenvalue weighted by Crippen LogP contribution is -2.03. The number of benzene rings is 1. The van der Waals surface area contributed by atoms with Gasteiger partial charge < -0.3 is 9.84 Å². The first-order valence-electron chi connectivity index (χ1n) is 5.35. The highest BCUT2D eigenvalue weighted by Crippen LogP contribution is 2.21. The summed E-state index contributed by atoms with van der Waals surface area (Å²) >= 11 is 0. The van der Waals surface area contributed by atoms with E-state index in [0.717, 1.165) is 17.0 Å². The van der Waals surface area contributed by atoms with Gasteiger partial charge in [-0.15, -0.1) is 5.10 Å². The molecular weight excluding hydrogens is 234 g/mol. The van der Waals surface area contributed by atoms with Crippen molar-refractivity contribution >= 4 is 5.97 Å². The normalized spacial score (nSPS) is 10.4. The van der Waals surface area contributed by atoms with Gasteiger partial charge in [-0.05, 0) is 37.6 Å². The number of carboxylic acid groups (broad SMARTS) is 1. The molecule has 0 amide bonds. The lowest BCUT2D eigenvalue weighted by molar-refractivity contribution is 0.0689. The zero-order valence-electron chi connectivity index (χ0n) is 10.3. The van der Waals surface area contributed by atoms with Crippen molar-refractivity contribution in [2.45, 2.75) is 13.8 Å². The molecule has 0 aliphatic rings. The molecule has 18 heavy (non-hydrogen) atoms. The second kappa shape index (κ2) is 4.48. The first-order chi connectivity index (χ1) is 8.54. The number of ether oxygens (including phenoxy) is 1. The van der Waals surface area contributed by atoms with Crippen LogP contribution >= 0.6 is 0 Å². The first-order valence-corrected chi connectivity index (χ1v) is 5.35. The lowest BCUT2D eigenvalue weighted by Gasteiger charge is -2.08. The van der Waals surface area contributed by atoms with E-state index >= 15 is 0 Å². The van der Waals surface area contributed by atoms with Gasteiger partial charge in [-0.25, -0.2) is 9.48 Å². The van der Waals surface area contributed by atoms with Crippen LogP contribution in [-0.2, 0) is 0 Å². The number of nitrogens with zero attached hydrogens (tertiary/aromatic N) is 3. The second-order valence-electron chi connectivity index (χ2n) is 3.89. The molecule has 1 aromatic carbocycles. The monoisotopic (exact) mass is 247 g/mol. The zero-order chi connectivity index (χ0) is 13.3. The number of aromatic carboxylic acids is 1. The van der Waals surface area contributed by atoms with Crippen LogP contribution in [0, 0.1) is 13.8 Å². The van der Waals surface area contributed by atoms with Crippen molar-refractivity contribution in [2.75, 3.05) is 7.11 Å². The molecule has 0 saturated heterocycles. The van der Waals surface area contributed by atoms with Crippen LogP contribution in [0.25, 0.3) is 5.69 Å². The average Bonchev–Trinajstić information content (AvgIpc) is 2.71. The minimum Gasteiger partial charge on any atom is -0.496 e. The summed E-state index contributed by atoms with van der Waals surface area (Å²) in [6, 6.07) is 5.48. The summed E-state index contributed by atoms with van der Waals surface area (Å²) in [5.41, 5.74) is 2.16. The molecule has 0 saturated carbocycles. The summed E-state index contributed by atoms with van der Waals surface area (Å²) < 4.78 is 6.67. The Balaban J connectivity index is 2.49. The molecule has 0 atom stereocenters. The van der Waals surface area contributed by atoms with Crippen LogP contribution < -0.4 is 4.74 Å². The van der Waals surface area contributed by atoms with E-state index in [1.807, 2.05) is 19.1 Å². The molecule has 0 fully saturated rings. The number of rotatable bonds is 3. The van der Waals surface area contributed by atoms with Gasteiger partial charge in [0, 0.05) is 0 Å². The van der Waals surface area contributed by atoms with Gasteiger partial charge in [0.2, 0.25) is 0 Å². The third-order valence-corrected chi connectivity index (χ3v) is 2.72. The Bertz CT molecular complexity index is 605. The van der Waals surface area contributed by atoms with Crippen molar-refractivity contribution in [3.05, 3.63) is 35.2 Å². The Labute approximate surface area is 104 Å².